The fourth-order valence-electron chi connectivity index (χ4n) is 2.22. The number of aromatic nitrogens is 3. The van der Waals surface area contributed by atoms with Gasteiger partial charge in [0.15, 0.2) is 11.0 Å². The lowest BCUT2D eigenvalue weighted by Crippen LogP contribution is -1.99. The standard InChI is InChI=1S/C17H15BrClN3S/c1-2-22-16(13-5-9-15(19)10-6-13)20-21-17(22)23-11-12-3-7-14(18)8-4-12/h3-10H,2,11H2,1H3. The zero-order chi connectivity index (χ0) is 16.2. The largest absolute Gasteiger partial charge is 0.302 e. The number of thioether (sulfide) groups is 1. The molecule has 0 saturated heterocycles. The molecule has 3 rings (SSSR count). The van der Waals surface area contributed by atoms with Crippen LogP contribution in [0.5, 0.6) is 0 Å². The molecule has 1 aromatic heterocycles. The summed E-state index contributed by atoms with van der Waals surface area (Å²) < 4.78 is 3.22. The van der Waals surface area contributed by atoms with Gasteiger partial charge in [0.2, 0.25) is 0 Å². The summed E-state index contributed by atoms with van der Waals surface area (Å²) in [6.07, 6.45) is 0. The van der Waals surface area contributed by atoms with Gasteiger partial charge in [0.25, 0.3) is 0 Å². The molecule has 6 heteroatoms. The molecule has 3 nitrogen and oxygen atoms in total. The summed E-state index contributed by atoms with van der Waals surface area (Å²) in [4.78, 5) is 0. The molecule has 0 bridgehead atoms. The third kappa shape index (κ3) is 3.97. The summed E-state index contributed by atoms with van der Waals surface area (Å²) in [6.45, 7) is 2.93. The Bertz CT molecular complexity index is 785. The van der Waals surface area contributed by atoms with Crippen molar-refractivity contribution in [1.29, 1.82) is 0 Å². The monoisotopic (exact) mass is 407 g/mol. The highest BCUT2D eigenvalue weighted by atomic mass is 79.9. The van der Waals surface area contributed by atoms with E-state index in [-0.39, 0.29) is 0 Å². The molecule has 118 valence electrons. The first kappa shape index (κ1) is 16.6. The van der Waals surface area contributed by atoms with Crippen molar-refractivity contribution >= 4 is 39.3 Å². The van der Waals surface area contributed by atoms with E-state index in [1.165, 1.54) is 5.56 Å². The number of hydrogen-bond donors (Lipinski definition) is 0. The quantitative estimate of drug-likeness (QED) is 0.509. The van der Waals surface area contributed by atoms with Crippen molar-refractivity contribution in [2.75, 3.05) is 0 Å². The molecule has 0 fully saturated rings. The Morgan fingerprint density at radius 1 is 1.04 bits per heavy atom. The number of nitrogens with zero attached hydrogens (tertiary/aromatic N) is 3. The summed E-state index contributed by atoms with van der Waals surface area (Å²) in [7, 11) is 0. The Morgan fingerprint density at radius 3 is 2.39 bits per heavy atom. The zero-order valence-electron chi connectivity index (χ0n) is 12.5. The molecule has 0 saturated carbocycles. The Hall–Kier alpha value is -1.30. The molecular formula is C17H15BrClN3S. The molecule has 0 aliphatic carbocycles. The van der Waals surface area contributed by atoms with Gasteiger partial charge in [0.1, 0.15) is 0 Å². The van der Waals surface area contributed by atoms with Crippen molar-refractivity contribution in [3.63, 3.8) is 0 Å². The van der Waals surface area contributed by atoms with E-state index in [2.05, 4.69) is 61.9 Å². The molecule has 0 N–H and O–H groups in total. The summed E-state index contributed by atoms with van der Waals surface area (Å²) >= 11 is 11.1. The van der Waals surface area contributed by atoms with Crippen LogP contribution in [0, 0.1) is 0 Å². The minimum atomic E-state index is 0.723. The molecule has 0 unspecified atom stereocenters. The molecule has 1 heterocycles. The lowest BCUT2D eigenvalue weighted by molar-refractivity contribution is 0.687. The van der Waals surface area contributed by atoms with Crippen LogP contribution in [0.1, 0.15) is 12.5 Å². The summed E-state index contributed by atoms with van der Waals surface area (Å²) in [5.74, 6) is 1.74. The smallest absolute Gasteiger partial charge is 0.191 e. The highest BCUT2D eigenvalue weighted by Gasteiger charge is 2.13. The fourth-order valence-corrected chi connectivity index (χ4v) is 3.57. The second-order valence-electron chi connectivity index (χ2n) is 4.97. The molecule has 0 aliphatic rings. The van der Waals surface area contributed by atoms with Gasteiger partial charge >= 0.3 is 0 Å². The topological polar surface area (TPSA) is 30.7 Å². The maximum Gasteiger partial charge on any atom is 0.191 e. The van der Waals surface area contributed by atoms with Gasteiger partial charge in [-0.2, -0.15) is 0 Å². The number of rotatable bonds is 5. The van der Waals surface area contributed by atoms with Gasteiger partial charge in [-0.3, -0.25) is 0 Å². The summed E-state index contributed by atoms with van der Waals surface area (Å²) in [5.41, 5.74) is 2.29. The molecule has 0 amide bonds. The van der Waals surface area contributed by atoms with E-state index in [9.17, 15) is 0 Å². The maximum atomic E-state index is 5.96. The molecular weight excluding hydrogens is 394 g/mol. The van der Waals surface area contributed by atoms with Gasteiger partial charge in [-0.05, 0) is 48.9 Å². The molecule has 23 heavy (non-hydrogen) atoms. The second-order valence-corrected chi connectivity index (χ2v) is 7.27. The average Bonchev–Trinajstić information content (AvgIpc) is 2.98. The normalized spacial score (nSPS) is 10.9. The summed E-state index contributed by atoms with van der Waals surface area (Å²) in [6, 6.07) is 16.0. The Labute approximate surface area is 153 Å². The number of halogens is 2. The first-order valence-corrected chi connectivity index (χ1v) is 9.39. The Balaban J connectivity index is 1.80. The molecule has 0 atom stereocenters. The van der Waals surface area contributed by atoms with Gasteiger partial charge in [0.05, 0.1) is 0 Å². The van der Waals surface area contributed by atoms with E-state index >= 15 is 0 Å². The van der Waals surface area contributed by atoms with E-state index in [4.69, 9.17) is 11.6 Å². The van der Waals surface area contributed by atoms with Crippen LogP contribution in [0.3, 0.4) is 0 Å². The van der Waals surface area contributed by atoms with Crippen molar-refractivity contribution < 1.29 is 0 Å². The SMILES string of the molecule is CCn1c(SCc2ccc(Br)cc2)nnc1-c1ccc(Cl)cc1. The average molecular weight is 409 g/mol. The Morgan fingerprint density at radius 2 is 1.74 bits per heavy atom. The van der Waals surface area contributed by atoms with Crippen LogP contribution in [-0.4, -0.2) is 14.8 Å². The van der Waals surface area contributed by atoms with E-state index < -0.39 is 0 Å². The third-order valence-corrected chi connectivity index (χ3v) is 5.24. The molecule has 3 aromatic rings. The van der Waals surface area contributed by atoms with Crippen LogP contribution in [0.2, 0.25) is 5.02 Å². The molecule has 2 aromatic carbocycles. The van der Waals surface area contributed by atoms with Crippen LogP contribution < -0.4 is 0 Å². The lowest BCUT2D eigenvalue weighted by atomic mass is 10.2. The van der Waals surface area contributed by atoms with Gasteiger partial charge in [-0.1, -0.05) is 51.4 Å². The highest BCUT2D eigenvalue weighted by molar-refractivity contribution is 9.10. The van der Waals surface area contributed by atoms with E-state index in [1.54, 1.807) is 11.8 Å². The van der Waals surface area contributed by atoms with Crippen LogP contribution in [-0.2, 0) is 12.3 Å². The first-order chi connectivity index (χ1) is 11.2. The lowest BCUT2D eigenvalue weighted by Gasteiger charge is -2.07. The fraction of sp³-hybridized carbons (Fsp3) is 0.176. The minimum absolute atomic E-state index is 0.723. The molecule has 0 spiro atoms. The van der Waals surface area contributed by atoms with Gasteiger partial charge in [0, 0.05) is 27.4 Å². The van der Waals surface area contributed by atoms with Crippen LogP contribution in [0.4, 0.5) is 0 Å². The minimum Gasteiger partial charge on any atom is -0.302 e. The first-order valence-electron chi connectivity index (χ1n) is 7.23. The van der Waals surface area contributed by atoms with Crippen LogP contribution in [0.15, 0.2) is 58.2 Å². The van der Waals surface area contributed by atoms with Crippen LogP contribution >= 0.6 is 39.3 Å². The second kappa shape index (κ2) is 7.51. The van der Waals surface area contributed by atoms with Crippen molar-refractivity contribution in [1.82, 2.24) is 14.8 Å². The van der Waals surface area contributed by atoms with E-state index in [0.717, 1.165) is 38.3 Å². The predicted octanol–water partition coefficient (Wildman–Crippen LogP) is 5.67. The van der Waals surface area contributed by atoms with E-state index in [1.807, 2.05) is 24.3 Å². The molecule has 0 aliphatic heterocycles. The van der Waals surface area contributed by atoms with Gasteiger partial charge in [-0.15, -0.1) is 10.2 Å². The highest BCUT2D eigenvalue weighted by Crippen LogP contribution is 2.27. The van der Waals surface area contributed by atoms with Crippen LogP contribution in [0.25, 0.3) is 11.4 Å². The third-order valence-electron chi connectivity index (χ3n) is 3.42. The zero-order valence-corrected chi connectivity index (χ0v) is 15.7. The van der Waals surface area contributed by atoms with Crippen molar-refractivity contribution in [3.05, 3.63) is 63.6 Å². The molecule has 0 radical (unpaired) electrons. The number of hydrogen-bond acceptors (Lipinski definition) is 3. The van der Waals surface area contributed by atoms with Crippen molar-refractivity contribution in [3.8, 4) is 11.4 Å². The van der Waals surface area contributed by atoms with Gasteiger partial charge < -0.3 is 4.57 Å². The van der Waals surface area contributed by atoms with Gasteiger partial charge in [-0.25, -0.2) is 0 Å². The Kier molecular flexibility index (Phi) is 5.41. The van der Waals surface area contributed by atoms with Crippen molar-refractivity contribution in [2.24, 2.45) is 0 Å². The predicted molar refractivity (Wildman–Crippen MR) is 99.8 cm³/mol. The maximum absolute atomic E-state index is 5.96. The summed E-state index contributed by atoms with van der Waals surface area (Å²) in [5, 5.41) is 10.4. The number of benzene rings is 2. The van der Waals surface area contributed by atoms with Crippen molar-refractivity contribution in [2.45, 2.75) is 24.4 Å². The van der Waals surface area contributed by atoms with E-state index in [0.29, 0.717) is 0 Å².